The maximum absolute atomic E-state index is 12.4. The minimum atomic E-state index is -0.148. The van der Waals surface area contributed by atoms with Crippen molar-refractivity contribution in [3.05, 3.63) is 59.7 Å². The second-order valence-electron chi connectivity index (χ2n) is 5.01. The minimum absolute atomic E-state index is 0.148. The van der Waals surface area contributed by atoms with Crippen molar-refractivity contribution in [3.63, 3.8) is 0 Å². The van der Waals surface area contributed by atoms with Crippen LogP contribution in [0.5, 0.6) is 0 Å². The van der Waals surface area contributed by atoms with Crippen LogP contribution in [0.3, 0.4) is 0 Å². The quantitative estimate of drug-likeness (QED) is 0.764. The summed E-state index contributed by atoms with van der Waals surface area (Å²) in [7, 11) is 0. The Balaban J connectivity index is 1.77. The lowest BCUT2D eigenvalue weighted by atomic mass is 9.88. The van der Waals surface area contributed by atoms with E-state index in [1.54, 1.807) is 0 Å². The van der Waals surface area contributed by atoms with Crippen molar-refractivity contribution in [3.8, 4) is 0 Å². The zero-order chi connectivity index (χ0) is 11.7. The molecule has 1 nitrogen and oxygen atoms in total. The fraction of sp³-hybridized carbons (Fsp3) is 0.312. The van der Waals surface area contributed by atoms with Gasteiger partial charge in [0.1, 0.15) is 5.78 Å². The topological polar surface area (TPSA) is 17.1 Å². The molecule has 1 aromatic carbocycles. The molecule has 0 unspecified atom stereocenters. The molecule has 0 saturated heterocycles. The normalized spacial score (nSPS) is 20.1. The second kappa shape index (κ2) is 3.99. The van der Waals surface area contributed by atoms with Crippen LogP contribution < -0.4 is 0 Å². The van der Waals surface area contributed by atoms with Crippen molar-refractivity contribution in [1.82, 2.24) is 0 Å². The predicted molar refractivity (Wildman–Crippen MR) is 68.8 cm³/mol. The molecule has 86 valence electrons. The van der Waals surface area contributed by atoms with Crippen LogP contribution in [0.15, 0.2) is 54.1 Å². The molecule has 0 bridgehead atoms. The molecule has 0 heterocycles. The molecule has 1 saturated carbocycles. The number of carbonyl (C=O) groups excluding carboxylic acids is 1. The van der Waals surface area contributed by atoms with Crippen LogP contribution in [0.25, 0.3) is 0 Å². The molecule has 2 aliphatic rings. The Kier molecular flexibility index (Phi) is 2.47. The molecule has 0 N–H and O–H groups in total. The lowest BCUT2D eigenvalue weighted by Crippen LogP contribution is -2.20. The third kappa shape index (κ3) is 1.86. The summed E-state index contributed by atoms with van der Waals surface area (Å²) in [6.07, 6.45) is 9.87. The third-order valence-corrected chi connectivity index (χ3v) is 3.85. The first-order chi connectivity index (χ1) is 8.31. The van der Waals surface area contributed by atoms with Gasteiger partial charge in [0.15, 0.2) is 0 Å². The summed E-state index contributed by atoms with van der Waals surface area (Å²) >= 11 is 0. The molecule has 17 heavy (non-hydrogen) atoms. The summed E-state index contributed by atoms with van der Waals surface area (Å²) in [6, 6.07) is 10.2. The number of allylic oxidation sites excluding steroid dienone is 4. The van der Waals surface area contributed by atoms with Crippen molar-refractivity contribution in [2.24, 2.45) is 0 Å². The van der Waals surface area contributed by atoms with E-state index >= 15 is 0 Å². The first kappa shape index (κ1) is 10.5. The molecule has 0 aliphatic heterocycles. The average Bonchev–Trinajstić information content (AvgIpc) is 3.04. The lowest BCUT2D eigenvalue weighted by Gasteiger charge is -2.14. The average molecular weight is 224 g/mol. The van der Waals surface area contributed by atoms with Gasteiger partial charge in [-0.3, -0.25) is 4.79 Å². The highest BCUT2D eigenvalue weighted by Crippen LogP contribution is 2.50. The highest BCUT2D eigenvalue weighted by Gasteiger charge is 2.50. The molecular formula is C16H16O. The van der Waals surface area contributed by atoms with Gasteiger partial charge in [-0.2, -0.15) is 0 Å². The highest BCUT2D eigenvalue weighted by molar-refractivity contribution is 5.94. The largest absolute Gasteiger partial charge is 0.298 e. The van der Waals surface area contributed by atoms with Crippen LogP contribution in [-0.4, -0.2) is 5.78 Å². The van der Waals surface area contributed by atoms with E-state index in [4.69, 9.17) is 0 Å². The maximum atomic E-state index is 12.4. The van der Waals surface area contributed by atoms with Gasteiger partial charge in [0, 0.05) is 6.42 Å². The van der Waals surface area contributed by atoms with Crippen molar-refractivity contribution < 1.29 is 4.79 Å². The number of rotatable bonds is 4. The number of Topliss-reactive ketones (excluding diaryl/α,β-unsaturated/α-hetero) is 1. The predicted octanol–water partition coefficient (Wildman–Crippen LogP) is 3.56. The molecule has 0 amide bonds. The summed E-state index contributed by atoms with van der Waals surface area (Å²) in [5.41, 5.74) is 2.32. The Morgan fingerprint density at radius 3 is 2.53 bits per heavy atom. The smallest absolute Gasteiger partial charge is 0.147 e. The van der Waals surface area contributed by atoms with Crippen LogP contribution in [0.4, 0.5) is 0 Å². The Morgan fingerprint density at radius 1 is 1.18 bits per heavy atom. The second-order valence-corrected chi connectivity index (χ2v) is 5.01. The SMILES string of the molecule is O=C(CC1=CC=CC1)C1(c2ccccc2)CC1. The molecule has 0 atom stereocenters. The summed E-state index contributed by atoms with van der Waals surface area (Å²) in [5, 5.41) is 0. The van der Waals surface area contributed by atoms with Gasteiger partial charge in [0.25, 0.3) is 0 Å². The van der Waals surface area contributed by atoms with Gasteiger partial charge in [0.05, 0.1) is 5.41 Å². The molecule has 1 aromatic rings. The Morgan fingerprint density at radius 2 is 1.94 bits per heavy atom. The summed E-state index contributed by atoms with van der Waals surface area (Å²) in [4.78, 5) is 12.4. The van der Waals surface area contributed by atoms with Gasteiger partial charge in [-0.05, 0) is 24.8 Å². The van der Waals surface area contributed by atoms with Gasteiger partial charge >= 0.3 is 0 Å². The number of hydrogen-bond acceptors (Lipinski definition) is 1. The first-order valence-corrected chi connectivity index (χ1v) is 6.25. The zero-order valence-corrected chi connectivity index (χ0v) is 9.86. The number of benzene rings is 1. The van der Waals surface area contributed by atoms with Gasteiger partial charge in [0.2, 0.25) is 0 Å². The summed E-state index contributed by atoms with van der Waals surface area (Å²) in [5.74, 6) is 0.402. The molecule has 0 radical (unpaired) electrons. The zero-order valence-electron chi connectivity index (χ0n) is 9.86. The summed E-state index contributed by atoms with van der Waals surface area (Å²) < 4.78 is 0. The van der Waals surface area contributed by atoms with Gasteiger partial charge < -0.3 is 0 Å². The molecule has 2 aliphatic carbocycles. The Hall–Kier alpha value is -1.63. The van der Waals surface area contributed by atoms with E-state index < -0.39 is 0 Å². The van der Waals surface area contributed by atoms with E-state index in [0.29, 0.717) is 12.2 Å². The van der Waals surface area contributed by atoms with E-state index in [-0.39, 0.29) is 5.41 Å². The molecule has 1 fully saturated rings. The fourth-order valence-corrected chi connectivity index (χ4v) is 2.61. The first-order valence-electron chi connectivity index (χ1n) is 6.25. The van der Waals surface area contributed by atoms with Crippen LogP contribution in [0, 0.1) is 0 Å². The van der Waals surface area contributed by atoms with Crippen molar-refractivity contribution in [1.29, 1.82) is 0 Å². The van der Waals surface area contributed by atoms with Crippen molar-refractivity contribution in [2.45, 2.75) is 31.1 Å². The maximum Gasteiger partial charge on any atom is 0.147 e. The van der Waals surface area contributed by atoms with Crippen molar-refractivity contribution in [2.75, 3.05) is 0 Å². The monoisotopic (exact) mass is 224 g/mol. The van der Waals surface area contributed by atoms with E-state index in [1.165, 1.54) is 11.1 Å². The lowest BCUT2D eigenvalue weighted by molar-refractivity contribution is -0.120. The van der Waals surface area contributed by atoms with E-state index in [2.05, 4.69) is 24.3 Å². The van der Waals surface area contributed by atoms with E-state index in [0.717, 1.165) is 19.3 Å². The molecule has 0 aromatic heterocycles. The minimum Gasteiger partial charge on any atom is -0.298 e. The van der Waals surface area contributed by atoms with Gasteiger partial charge in [-0.1, -0.05) is 54.1 Å². The Labute approximate surface area is 102 Å². The van der Waals surface area contributed by atoms with Crippen LogP contribution in [-0.2, 0) is 10.2 Å². The van der Waals surface area contributed by atoms with Crippen LogP contribution in [0.1, 0.15) is 31.2 Å². The third-order valence-electron chi connectivity index (χ3n) is 3.85. The number of carbonyl (C=O) groups is 1. The van der Waals surface area contributed by atoms with Crippen molar-refractivity contribution >= 4 is 5.78 Å². The van der Waals surface area contributed by atoms with Crippen LogP contribution in [0.2, 0.25) is 0 Å². The molecular weight excluding hydrogens is 208 g/mol. The molecule has 0 spiro atoms. The summed E-state index contributed by atoms with van der Waals surface area (Å²) in [6.45, 7) is 0. The Bertz CT molecular complexity index is 490. The fourth-order valence-electron chi connectivity index (χ4n) is 2.61. The van der Waals surface area contributed by atoms with E-state index in [9.17, 15) is 4.79 Å². The molecule has 3 rings (SSSR count). The standard InChI is InChI=1S/C16H16O/c17-15(12-13-6-4-5-7-13)16(10-11-16)14-8-2-1-3-9-14/h1-6,8-9H,7,10-12H2. The highest BCUT2D eigenvalue weighted by atomic mass is 16.1. The van der Waals surface area contributed by atoms with Gasteiger partial charge in [-0.25, -0.2) is 0 Å². The van der Waals surface area contributed by atoms with Crippen LogP contribution >= 0.6 is 0 Å². The number of hydrogen-bond donors (Lipinski definition) is 0. The van der Waals surface area contributed by atoms with Gasteiger partial charge in [-0.15, -0.1) is 0 Å². The number of ketones is 1. The van der Waals surface area contributed by atoms with E-state index in [1.807, 2.05) is 24.3 Å². The molecule has 1 heteroatoms.